The molecule has 0 N–H and O–H groups in total. The number of carbonyl (C=O) groups is 1. The molecular weight excluding hydrogens is 380 g/mol. The zero-order valence-electron chi connectivity index (χ0n) is 14.2. The van der Waals surface area contributed by atoms with E-state index >= 15 is 0 Å². The van der Waals surface area contributed by atoms with Crippen LogP contribution < -0.4 is 4.90 Å². The number of carbonyl (C=O) groups excluding carboxylic acids is 1. The fourth-order valence-corrected chi connectivity index (χ4v) is 7.42. The number of sulfone groups is 1. The number of aliphatic imine (C=N–C) groups is 1. The molecule has 8 heteroatoms. The van der Waals surface area contributed by atoms with Gasteiger partial charge in [-0.1, -0.05) is 43.3 Å². The number of thioether (sulfide) groups is 1. The smallest absolute Gasteiger partial charge is 0.251 e. The van der Waals surface area contributed by atoms with Crippen molar-refractivity contribution in [2.75, 3.05) is 16.4 Å². The number of benzene rings is 1. The third-order valence-electron chi connectivity index (χ3n) is 4.69. The summed E-state index contributed by atoms with van der Waals surface area (Å²) in [6.07, 6.45) is 1.49. The maximum atomic E-state index is 12.5. The van der Waals surface area contributed by atoms with Crippen molar-refractivity contribution in [2.45, 2.75) is 38.0 Å². The molecular formula is C17H21ClN2O3S2. The lowest BCUT2D eigenvalue weighted by Gasteiger charge is -2.24. The molecule has 0 aliphatic carbocycles. The van der Waals surface area contributed by atoms with Gasteiger partial charge in [-0.05, 0) is 31.0 Å². The van der Waals surface area contributed by atoms with Crippen molar-refractivity contribution in [3.8, 4) is 0 Å². The molecule has 0 unspecified atom stereocenters. The van der Waals surface area contributed by atoms with Crippen molar-refractivity contribution in [3.05, 3.63) is 29.3 Å². The Morgan fingerprint density at radius 1 is 1.36 bits per heavy atom. The van der Waals surface area contributed by atoms with E-state index in [4.69, 9.17) is 11.6 Å². The number of hydrogen-bond donors (Lipinski definition) is 0. The molecule has 1 aromatic rings. The lowest BCUT2D eigenvalue weighted by atomic mass is 10.0. The number of amidine groups is 1. The number of fused-ring (bicyclic) bond motifs is 1. The first kappa shape index (κ1) is 18.7. The highest BCUT2D eigenvalue weighted by Gasteiger charge is 2.49. The van der Waals surface area contributed by atoms with Crippen LogP contribution in [0.5, 0.6) is 0 Å². The zero-order valence-corrected chi connectivity index (χ0v) is 16.6. The summed E-state index contributed by atoms with van der Waals surface area (Å²) in [7, 11) is -3.07. The topological polar surface area (TPSA) is 66.8 Å². The Labute approximate surface area is 157 Å². The second-order valence-corrected chi connectivity index (χ2v) is 10.2. The third-order valence-corrected chi connectivity index (χ3v) is 8.14. The maximum Gasteiger partial charge on any atom is 0.251 e. The summed E-state index contributed by atoms with van der Waals surface area (Å²) in [6.45, 7) is 3.95. The highest BCUT2D eigenvalue weighted by molar-refractivity contribution is 8.16. The highest BCUT2D eigenvalue weighted by atomic mass is 35.5. The fraction of sp³-hybridized carbons (Fsp3) is 0.529. The summed E-state index contributed by atoms with van der Waals surface area (Å²) in [6, 6.07) is 7.04. The Bertz CT molecular complexity index is 806. The molecule has 2 heterocycles. The van der Waals surface area contributed by atoms with E-state index in [1.807, 2.05) is 30.9 Å². The van der Waals surface area contributed by atoms with Crippen molar-refractivity contribution in [2.24, 2.45) is 10.9 Å². The Balaban J connectivity index is 1.99. The summed E-state index contributed by atoms with van der Waals surface area (Å²) >= 11 is 7.50. The minimum atomic E-state index is -3.07. The molecule has 5 nitrogen and oxygen atoms in total. The minimum Gasteiger partial charge on any atom is -0.316 e. The van der Waals surface area contributed by atoms with Gasteiger partial charge < -0.3 is 4.90 Å². The van der Waals surface area contributed by atoms with Crippen LogP contribution in [0.3, 0.4) is 0 Å². The lowest BCUT2D eigenvalue weighted by Crippen LogP contribution is -2.37. The molecule has 0 saturated carbocycles. The SMILES string of the molecule is CCC(CC)C(=O)N=C1S[C@@H]2CS(=O)(=O)C[C@H]2N1c1cccc(Cl)c1. The molecule has 2 fully saturated rings. The van der Waals surface area contributed by atoms with Crippen molar-refractivity contribution < 1.29 is 13.2 Å². The van der Waals surface area contributed by atoms with Gasteiger partial charge in [0.05, 0.1) is 17.5 Å². The van der Waals surface area contributed by atoms with Crippen LogP contribution in [0.25, 0.3) is 0 Å². The molecule has 25 heavy (non-hydrogen) atoms. The van der Waals surface area contributed by atoms with Crippen molar-refractivity contribution in [1.29, 1.82) is 0 Å². The summed E-state index contributed by atoms with van der Waals surface area (Å²) in [4.78, 5) is 18.7. The molecule has 1 amide bonds. The quantitative estimate of drug-likeness (QED) is 0.775. The third kappa shape index (κ3) is 3.88. The van der Waals surface area contributed by atoms with Gasteiger partial charge >= 0.3 is 0 Å². The average molecular weight is 401 g/mol. The van der Waals surface area contributed by atoms with Crippen molar-refractivity contribution in [3.63, 3.8) is 0 Å². The predicted molar refractivity (Wildman–Crippen MR) is 104 cm³/mol. The zero-order chi connectivity index (χ0) is 18.2. The van der Waals surface area contributed by atoms with E-state index in [1.165, 1.54) is 11.8 Å². The van der Waals surface area contributed by atoms with Crippen LogP contribution in [-0.2, 0) is 14.6 Å². The van der Waals surface area contributed by atoms with Crippen LogP contribution >= 0.6 is 23.4 Å². The van der Waals surface area contributed by atoms with Crippen LogP contribution in [0, 0.1) is 5.92 Å². The summed E-state index contributed by atoms with van der Waals surface area (Å²) in [5, 5.41) is 1.05. The second kappa shape index (κ2) is 7.29. The van der Waals surface area contributed by atoms with Gasteiger partial charge in [-0.15, -0.1) is 0 Å². The van der Waals surface area contributed by atoms with Crippen molar-refractivity contribution in [1.82, 2.24) is 0 Å². The van der Waals surface area contributed by atoms with Crippen LogP contribution in [-0.4, -0.2) is 42.3 Å². The minimum absolute atomic E-state index is 0.0787. The average Bonchev–Trinajstić information content (AvgIpc) is 2.99. The van der Waals surface area contributed by atoms with Crippen LogP contribution in [0.2, 0.25) is 5.02 Å². The normalized spacial score (nSPS) is 26.4. The number of hydrogen-bond acceptors (Lipinski definition) is 4. The summed E-state index contributed by atoms with van der Waals surface area (Å²) in [5.74, 6) is -0.0340. The van der Waals surface area contributed by atoms with E-state index in [9.17, 15) is 13.2 Å². The first-order chi connectivity index (χ1) is 11.8. The van der Waals surface area contributed by atoms with E-state index in [0.29, 0.717) is 10.2 Å². The largest absolute Gasteiger partial charge is 0.316 e. The molecule has 0 bridgehead atoms. The van der Waals surface area contributed by atoms with Gasteiger partial charge in [0.2, 0.25) is 0 Å². The molecule has 0 spiro atoms. The maximum absolute atomic E-state index is 12.5. The van der Waals surface area contributed by atoms with E-state index < -0.39 is 9.84 Å². The van der Waals surface area contributed by atoms with Gasteiger partial charge in [0.25, 0.3) is 5.91 Å². The molecule has 1 aromatic carbocycles. The van der Waals surface area contributed by atoms with E-state index in [-0.39, 0.29) is 34.6 Å². The molecule has 0 aromatic heterocycles. The molecule has 2 saturated heterocycles. The second-order valence-electron chi connectivity index (χ2n) is 6.40. The Morgan fingerprint density at radius 2 is 2.08 bits per heavy atom. The van der Waals surface area contributed by atoms with Gasteiger partial charge in [0.1, 0.15) is 0 Å². The molecule has 2 aliphatic rings. The van der Waals surface area contributed by atoms with Gasteiger partial charge in [0.15, 0.2) is 15.0 Å². The Morgan fingerprint density at radius 3 is 2.72 bits per heavy atom. The van der Waals surface area contributed by atoms with Gasteiger partial charge in [-0.2, -0.15) is 4.99 Å². The molecule has 2 atom stereocenters. The molecule has 0 radical (unpaired) electrons. The first-order valence-corrected chi connectivity index (χ1v) is 11.5. The Hall–Kier alpha value is -1.05. The summed E-state index contributed by atoms with van der Waals surface area (Å²) < 4.78 is 24.1. The van der Waals surface area contributed by atoms with Gasteiger partial charge in [-0.3, -0.25) is 4.79 Å². The monoisotopic (exact) mass is 400 g/mol. The van der Waals surface area contributed by atoms with Crippen molar-refractivity contribution >= 4 is 50.0 Å². The summed E-state index contributed by atoms with van der Waals surface area (Å²) in [5.41, 5.74) is 0.778. The van der Waals surface area contributed by atoms with Gasteiger partial charge in [0, 0.05) is 21.9 Å². The number of amides is 1. The standard InChI is InChI=1S/C17H21ClN2O3S2/c1-3-11(4-2)16(21)19-17-20(13-7-5-6-12(18)8-13)14-9-25(22,23)10-15(14)24-17/h5-8,11,14-15H,3-4,9-10H2,1-2H3/t14-,15-/m1/s1. The highest BCUT2D eigenvalue weighted by Crippen LogP contribution is 2.41. The van der Waals surface area contributed by atoms with E-state index in [1.54, 1.807) is 12.1 Å². The van der Waals surface area contributed by atoms with Crippen LogP contribution in [0.1, 0.15) is 26.7 Å². The van der Waals surface area contributed by atoms with Crippen LogP contribution in [0.15, 0.2) is 29.3 Å². The van der Waals surface area contributed by atoms with E-state index in [0.717, 1.165) is 18.5 Å². The first-order valence-electron chi connectivity index (χ1n) is 8.39. The number of rotatable bonds is 4. The predicted octanol–water partition coefficient (Wildman–Crippen LogP) is 3.38. The lowest BCUT2D eigenvalue weighted by molar-refractivity contribution is -0.121. The van der Waals surface area contributed by atoms with Crippen LogP contribution in [0.4, 0.5) is 5.69 Å². The Kier molecular flexibility index (Phi) is 5.46. The molecule has 3 rings (SSSR count). The number of anilines is 1. The fourth-order valence-electron chi connectivity index (χ4n) is 3.32. The number of nitrogens with zero attached hydrogens (tertiary/aromatic N) is 2. The number of halogens is 1. The van der Waals surface area contributed by atoms with Gasteiger partial charge in [-0.25, -0.2) is 8.42 Å². The van der Waals surface area contributed by atoms with E-state index in [2.05, 4.69) is 4.99 Å². The molecule has 2 aliphatic heterocycles. The molecule has 136 valence electrons.